The summed E-state index contributed by atoms with van der Waals surface area (Å²) in [6.45, 7) is 3.73. The van der Waals surface area contributed by atoms with Gasteiger partial charge in [-0.15, -0.1) is 0 Å². The molecule has 3 rings (SSSR count). The topological polar surface area (TPSA) is 76.0 Å². The van der Waals surface area contributed by atoms with Crippen LogP contribution in [0.2, 0.25) is 5.02 Å². The second-order valence-corrected chi connectivity index (χ2v) is 6.62. The van der Waals surface area contributed by atoms with Crippen molar-refractivity contribution in [3.63, 3.8) is 0 Å². The van der Waals surface area contributed by atoms with E-state index in [0.717, 1.165) is 5.69 Å². The highest BCUT2D eigenvalue weighted by Gasteiger charge is 2.22. The third kappa shape index (κ3) is 4.17. The quantitative estimate of drug-likeness (QED) is 0.702. The van der Waals surface area contributed by atoms with E-state index in [2.05, 4.69) is 15.7 Å². The maximum Gasteiger partial charge on any atom is 0.258 e. The molecule has 0 aliphatic carbocycles. The van der Waals surface area contributed by atoms with Gasteiger partial charge in [0, 0.05) is 6.04 Å². The van der Waals surface area contributed by atoms with Crippen molar-refractivity contribution in [2.45, 2.75) is 19.9 Å². The van der Waals surface area contributed by atoms with E-state index >= 15 is 0 Å². The standard InChI is InChI=1S/C20H19ClN4O2/c1-13(2)23-20(27)16-12-22-25(14-8-4-3-5-9-14)18(16)24-19(26)15-10-6-7-11-17(15)21/h3-13H,1-2H3,(H,23,27)(H,24,26). The van der Waals surface area contributed by atoms with Crippen LogP contribution in [0.15, 0.2) is 60.8 Å². The molecule has 1 aromatic heterocycles. The molecule has 7 heteroatoms. The summed E-state index contributed by atoms with van der Waals surface area (Å²) < 4.78 is 1.52. The van der Waals surface area contributed by atoms with Gasteiger partial charge in [-0.2, -0.15) is 5.10 Å². The first-order valence-corrected chi connectivity index (χ1v) is 8.85. The summed E-state index contributed by atoms with van der Waals surface area (Å²) in [7, 11) is 0. The van der Waals surface area contributed by atoms with Crippen LogP contribution in [-0.4, -0.2) is 27.6 Å². The van der Waals surface area contributed by atoms with Gasteiger partial charge >= 0.3 is 0 Å². The van der Waals surface area contributed by atoms with E-state index in [9.17, 15) is 9.59 Å². The number of aromatic nitrogens is 2. The summed E-state index contributed by atoms with van der Waals surface area (Å²) in [5, 5.41) is 10.2. The highest BCUT2D eigenvalue weighted by atomic mass is 35.5. The lowest BCUT2D eigenvalue weighted by molar-refractivity contribution is 0.0944. The Labute approximate surface area is 162 Å². The molecule has 2 aromatic carbocycles. The van der Waals surface area contributed by atoms with Gasteiger partial charge in [0.25, 0.3) is 11.8 Å². The fourth-order valence-electron chi connectivity index (χ4n) is 2.56. The first-order valence-electron chi connectivity index (χ1n) is 8.47. The van der Waals surface area contributed by atoms with Crippen molar-refractivity contribution in [2.24, 2.45) is 0 Å². The van der Waals surface area contributed by atoms with E-state index in [1.54, 1.807) is 24.3 Å². The highest BCUT2D eigenvalue weighted by Crippen LogP contribution is 2.23. The molecule has 0 aliphatic rings. The second-order valence-electron chi connectivity index (χ2n) is 6.22. The highest BCUT2D eigenvalue weighted by molar-refractivity contribution is 6.34. The zero-order valence-electron chi connectivity index (χ0n) is 14.9. The van der Waals surface area contributed by atoms with E-state index in [4.69, 9.17) is 11.6 Å². The smallest absolute Gasteiger partial charge is 0.258 e. The molecule has 2 N–H and O–H groups in total. The van der Waals surface area contributed by atoms with Crippen molar-refractivity contribution in [2.75, 3.05) is 5.32 Å². The molecule has 0 saturated carbocycles. The number of benzene rings is 2. The normalized spacial score (nSPS) is 10.7. The van der Waals surface area contributed by atoms with Crippen LogP contribution >= 0.6 is 11.6 Å². The SMILES string of the molecule is CC(C)NC(=O)c1cnn(-c2ccccc2)c1NC(=O)c1ccccc1Cl. The molecule has 138 valence electrons. The van der Waals surface area contributed by atoms with Crippen LogP contribution in [0.25, 0.3) is 5.69 Å². The third-order valence-corrected chi connectivity index (χ3v) is 4.11. The van der Waals surface area contributed by atoms with E-state index in [-0.39, 0.29) is 23.3 Å². The van der Waals surface area contributed by atoms with Gasteiger partial charge in [0.1, 0.15) is 11.4 Å². The summed E-state index contributed by atoms with van der Waals surface area (Å²) >= 11 is 6.12. The number of anilines is 1. The number of amides is 2. The minimum atomic E-state index is -0.420. The molecular weight excluding hydrogens is 364 g/mol. The maximum atomic E-state index is 12.7. The summed E-state index contributed by atoms with van der Waals surface area (Å²) in [6, 6.07) is 15.9. The van der Waals surface area contributed by atoms with Crippen molar-refractivity contribution >= 4 is 29.2 Å². The molecule has 3 aromatic rings. The monoisotopic (exact) mass is 382 g/mol. The van der Waals surface area contributed by atoms with Gasteiger partial charge in [-0.05, 0) is 38.1 Å². The molecule has 0 spiro atoms. The van der Waals surface area contributed by atoms with Crippen LogP contribution in [-0.2, 0) is 0 Å². The van der Waals surface area contributed by atoms with E-state index in [1.165, 1.54) is 10.9 Å². The Balaban J connectivity index is 2.02. The number of hydrogen-bond donors (Lipinski definition) is 2. The van der Waals surface area contributed by atoms with Gasteiger partial charge in [0.2, 0.25) is 0 Å². The van der Waals surface area contributed by atoms with Crippen molar-refractivity contribution < 1.29 is 9.59 Å². The molecule has 0 aliphatic heterocycles. The van der Waals surface area contributed by atoms with Crippen molar-refractivity contribution in [1.82, 2.24) is 15.1 Å². The Morgan fingerprint density at radius 3 is 2.30 bits per heavy atom. The number of carbonyl (C=O) groups is 2. The van der Waals surface area contributed by atoms with Gasteiger partial charge < -0.3 is 10.6 Å². The minimum absolute atomic E-state index is 0.0512. The van der Waals surface area contributed by atoms with Crippen LogP contribution in [0, 0.1) is 0 Å². The number of nitrogens with zero attached hydrogens (tertiary/aromatic N) is 2. The molecule has 6 nitrogen and oxygen atoms in total. The lowest BCUT2D eigenvalue weighted by Gasteiger charge is -2.13. The van der Waals surface area contributed by atoms with Crippen molar-refractivity contribution in [3.05, 3.63) is 76.9 Å². The predicted molar refractivity (Wildman–Crippen MR) is 106 cm³/mol. The third-order valence-electron chi connectivity index (χ3n) is 3.78. The Kier molecular flexibility index (Phi) is 5.57. The molecule has 1 heterocycles. The largest absolute Gasteiger partial charge is 0.350 e. The fraction of sp³-hybridized carbons (Fsp3) is 0.150. The predicted octanol–water partition coefficient (Wildman–Crippen LogP) is 3.92. The molecule has 0 atom stereocenters. The molecule has 0 radical (unpaired) electrons. The Morgan fingerprint density at radius 1 is 0.963 bits per heavy atom. The lowest BCUT2D eigenvalue weighted by atomic mass is 10.2. The number of halogens is 1. The minimum Gasteiger partial charge on any atom is -0.350 e. The zero-order chi connectivity index (χ0) is 19.4. The zero-order valence-corrected chi connectivity index (χ0v) is 15.7. The van der Waals surface area contributed by atoms with Gasteiger partial charge in [0.15, 0.2) is 0 Å². The Morgan fingerprint density at radius 2 is 1.63 bits per heavy atom. The number of para-hydroxylation sites is 1. The Hall–Kier alpha value is -3.12. The molecule has 0 fully saturated rings. The van der Waals surface area contributed by atoms with Crippen LogP contribution in [0.1, 0.15) is 34.6 Å². The van der Waals surface area contributed by atoms with Crippen LogP contribution in [0.5, 0.6) is 0 Å². The van der Waals surface area contributed by atoms with E-state index < -0.39 is 5.91 Å². The average Bonchev–Trinajstić information content (AvgIpc) is 3.06. The van der Waals surface area contributed by atoms with Crippen molar-refractivity contribution in [3.8, 4) is 5.69 Å². The van der Waals surface area contributed by atoms with Gasteiger partial charge in [-0.3, -0.25) is 9.59 Å². The van der Waals surface area contributed by atoms with Gasteiger partial charge in [-0.25, -0.2) is 4.68 Å². The molecule has 27 heavy (non-hydrogen) atoms. The van der Waals surface area contributed by atoms with Crippen LogP contribution < -0.4 is 10.6 Å². The first-order chi connectivity index (χ1) is 13.0. The number of nitrogens with one attached hydrogen (secondary N) is 2. The van der Waals surface area contributed by atoms with Gasteiger partial charge in [-0.1, -0.05) is 41.9 Å². The first kappa shape index (κ1) is 18.7. The number of rotatable bonds is 5. The van der Waals surface area contributed by atoms with Crippen LogP contribution in [0.3, 0.4) is 0 Å². The average molecular weight is 383 g/mol. The summed E-state index contributed by atoms with van der Waals surface area (Å²) in [5.41, 5.74) is 1.30. The molecule has 0 saturated heterocycles. The van der Waals surface area contributed by atoms with Gasteiger partial charge in [0.05, 0.1) is 22.5 Å². The molecule has 2 amide bonds. The summed E-state index contributed by atoms with van der Waals surface area (Å²) in [6.07, 6.45) is 1.44. The van der Waals surface area contributed by atoms with Crippen molar-refractivity contribution in [1.29, 1.82) is 0 Å². The van der Waals surface area contributed by atoms with Crippen LogP contribution in [0.4, 0.5) is 5.82 Å². The number of hydrogen-bond acceptors (Lipinski definition) is 3. The van der Waals surface area contributed by atoms with E-state index in [1.807, 2.05) is 44.2 Å². The second kappa shape index (κ2) is 8.05. The summed E-state index contributed by atoms with van der Waals surface area (Å²) in [5.74, 6) is -0.456. The molecule has 0 bridgehead atoms. The lowest BCUT2D eigenvalue weighted by Crippen LogP contribution is -2.31. The molecular formula is C20H19ClN4O2. The maximum absolute atomic E-state index is 12.7. The number of carbonyl (C=O) groups excluding carboxylic acids is 2. The fourth-order valence-corrected chi connectivity index (χ4v) is 2.78. The Bertz CT molecular complexity index is 967. The van der Waals surface area contributed by atoms with E-state index in [0.29, 0.717) is 10.6 Å². The summed E-state index contributed by atoms with van der Waals surface area (Å²) in [4.78, 5) is 25.3. The molecule has 0 unspecified atom stereocenters.